The van der Waals surface area contributed by atoms with Gasteiger partial charge in [0.2, 0.25) is 11.8 Å². The molecule has 0 unspecified atom stereocenters. The van der Waals surface area contributed by atoms with Gasteiger partial charge in [0.15, 0.2) is 23.0 Å². The number of hydrogen-bond acceptors (Lipinski definition) is 6. The van der Waals surface area contributed by atoms with Gasteiger partial charge in [-0.05, 0) is 37.1 Å². The molecule has 2 aromatic carbocycles. The van der Waals surface area contributed by atoms with Crippen molar-refractivity contribution < 1.29 is 28.5 Å². The van der Waals surface area contributed by atoms with E-state index in [2.05, 4.69) is 10.6 Å². The zero-order valence-corrected chi connectivity index (χ0v) is 16.6. The molecule has 2 aliphatic rings. The summed E-state index contributed by atoms with van der Waals surface area (Å²) in [4.78, 5) is 24.3. The lowest BCUT2D eigenvalue weighted by Gasteiger charge is -2.19. The standard InChI is InChI=1S/C22H24N2O6/c25-21(23-15-5-7-17-19(13-15)29-11-9-27-17)3-1-2-4-22(26)24-16-6-8-18-20(14-16)30-12-10-28-18/h5-8,13-14H,1-4,9-12H2,(H,23,25)(H,24,26). The molecule has 8 nitrogen and oxygen atoms in total. The van der Waals surface area contributed by atoms with Gasteiger partial charge in [0.25, 0.3) is 0 Å². The van der Waals surface area contributed by atoms with Crippen molar-refractivity contribution in [1.29, 1.82) is 0 Å². The number of ether oxygens (including phenoxy) is 4. The number of anilines is 2. The van der Waals surface area contributed by atoms with E-state index in [1.165, 1.54) is 0 Å². The van der Waals surface area contributed by atoms with E-state index in [0.717, 1.165) is 0 Å². The van der Waals surface area contributed by atoms with Gasteiger partial charge in [-0.1, -0.05) is 0 Å². The monoisotopic (exact) mass is 412 g/mol. The molecule has 8 heteroatoms. The predicted octanol–water partition coefficient (Wildman–Crippen LogP) is 3.37. The number of unbranched alkanes of at least 4 members (excludes halogenated alkanes) is 1. The Morgan fingerprint density at radius 1 is 0.633 bits per heavy atom. The van der Waals surface area contributed by atoms with Crippen molar-refractivity contribution in [2.24, 2.45) is 0 Å². The number of hydrogen-bond donors (Lipinski definition) is 2. The lowest BCUT2D eigenvalue weighted by molar-refractivity contribution is -0.118. The summed E-state index contributed by atoms with van der Waals surface area (Å²) in [5.74, 6) is 2.44. The Bertz CT molecular complexity index is 854. The summed E-state index contributed by atoms with van der Waals surface area (Å²) in [6, 6.07) is 10.7. The molecule has 0 radical (unpaired) electrons. The van der Waals surface area contributed by atoms with Crippen molar-refractivity contribution in [2.75, 3.05) is 37.1 Å². The van der Waals surface area contributed by atoms with E-state index in [9.17, 15) is 9.59 Å². The van der Waals surface area contributed by atoms with E-state index < -0.39 is 0 Å². The minimum Gasteiger partial charge on any atom is -0.486 e. The molecule has 0 bridgehead atoms. The Morgan fingerprint density at radius 3 is 1.47 bits per heavy atom. The second-order valence-electron chi connectivity index (χ2n) is 7.02. The summed E-state index contributed by atoms with van der Waals surface area (Å²) in [6.45, 7) is 2.05. The third-order valence-corrected chi connectivity index (χ3v) is 4.71. The fourth-order valence-corrected chi connectivity index (χ4v) is 3.26. The molecule has 30 heavy (non-hydrogen) atoms. The van der Waals surface area contributed by atoms with Crippen LogP contribution < -0.4 is 29.6 Å². The molecule has 2 N–H and O–H groups in total. The van der Waals surface area contributed by atoms with Gasteiger partial charge in [-0.3, -0.25) is 9.59 Å². The third-order valence-electron chi connectivity index (χ3n) is 4.71. The summed E-state index contributed by atoms with van der Waals surface area (Å²) < 4.78 is 22.0. The van der Waals surface area contributed by atoms with E-state index in [0.29, 0.717) is 86.5 Å². The average molecular weight is 412 g/mol. The summed E-state index contributed by atoms with van der Waals surface area (Å²) in [5, 5.41) is 5.70. The molecule has 2 aromatic rings. The van der Waals surface area contributed by atoms with Crippen molar-refractivity contribution >= 4 is 23.2 Å². The van der Waals surface area contributed by atoms with E-state index in [4.69, 9.17) is 18.9 Å². The second-order valence-corrected chi connectivity index (χ2v) is 7.02. The maximum absolute atomic E-state index is 12.1. The van der Waals surface area contributed by atoms with Gasteiger partial charge in [-0.25, -0.2) is 0 Å². The van der Waals surface area contributed by atoms with Crippen LogP contribution in [0.2, 0.25) is 0 Å². The SMILES string of the molecule is O=C(CCCCC(=O)Nc1ccc2c(c1)OCCO2)Nc1ccc2c(c1)OCCO2. The maximum Gasteiger partial charge on any atom is 0.224 e. The Hall–Kier alpha value is -3.42. The van der Waals surface area contributed by atoms with Crippen molar-refractivity contribution in [3.8, 4) is 23.0 Å². The molecule has 2 amide bonds. The molecule has 2 aliphatic heterocycles. The molecule has 0 spiro atoms. The van der Waals surface area contributed by atoms with Crippen molar-refractivity contribution in [3.63, 3.8) is 0 Å². The molecule has 0 fully saturated rings. The van der Waals surface area contributed by atoms with Crippen molar-refractivity contribution in [1.82, 2.24) is 0 Å². The molecule has 0 aromatic heterocycles. The summed E-state index contributed by atoms with van der Waals surface area (Å²) in [6.07, 6.45) is 1.91. The molecule has 0 aliphatic carbocycles. The summed E-state index contributed by atoms with van der Waals surface area (Å²) in [5.41, 5.74) is 1.33. The van der Waals surface area contributed by atoms with Gasteiger partial charge in [0.05, 0.1) is 0 Å². The molecule has 2 heterocycles. The number of nitrogens with one attached hydrogen (secondary N) is 2. The van der Waals surface area contributed by atoms with Crippen LogP contribution in [0.1, 0.15) is 25.7 Å². The number of carbonyl (C=O) groups excluding carboxylic acids is 2. The van der Waals surface area contributed by atoms with Crippen LogP contribution in [0.15, 0.2) is 36.4 Å². The number of amides is 2. The fraction of sp³-hybridized carbons (Fsp3) is 0.364. The zero-order valence-electron chi connectivity index (χ0n) is 16.6. The molecule has 0 saturated heterocycles. The third kappa shape index (κ3) is 5.14. The molecule has 0 saturated carbocycles. The number of carbonyl (C=O) groups is 2. The minimum absolute atomic E-state index is 0.0982. The van der Waals surface area contributed by atoms with Crippen LogP contribution in [0.5, 0.6) is 23.0 Å². The quantitative estimate of drug-likeness (QED) is 0.677. The first-order chi connectivity index (χ1) is 14.7. The molecular weight excluding hydrogens is 388 g/mol. The average Bonchev–Trinajstić information content (AvgIpc) is 2.76. The van der Waals surface area contributed by atoms with Crippen molar-refractivity contribution in [2.45, 2.75) is 25.7 Å². The number of rotatable bonds is 7. The van der Waals surface area contributed by atoms with E-state index in [1.54, 1.807) is 36.4 Å². The Kier molecular flexibility index (Phi) is 6.22. The van der Waals surface area contributed by atoms with Crippen LogP contribution in [0.25, 0.3) is 0 Å². The van der Waals surface area contributed by atoms with Crippen LogP contribution in [-0.2, 0) is 9.59 Å². The Labute approximate surface area is 174 Å². The maximum atomic E-state index is 12.1. The first-order valence-electron chi connectivity index (χ1n) is 10.1. The predicted molar refractivity (Wildman–Crippen MR) is 111 cm³/mol. The van der Waals surface area contributed by atoms with Gasteiger partial charge in [-0.2, -0.15) is 0 Å². The van der Waals surface area contributed by atoms with Crippen molar-refractivity contribution in [3.05, 3.63) is 36.4 Å². The fourth-order valence-electron chi connectivity index (χ4n) is 3.26. The topological polar surface area (TPSA) is 95.1 Å². The van der Waals surface area contributed by atoms with E-state index in [1.807, 2.05) is 0 Å². The number of benzene rings is 2. The molecule has 0 atom stereocenters. The highest BCUT2D eigenvalue weighted by Crippen LogP contribution is 2.33. The minimum atomic E-state index is -0.0982. The number of fused-ring (bicyclic) bond motifs is 2. The van der Waals surface area contributed by atoms with Gasteiger partial charge in [0.1, 0.15) is 26.4 Å². The normalized spacial score (nSPS) is 14.0. The van der Waals surface area contributed by atoms with Gasteiger partial charge < -0.3 is 29.6 Å². The van der Waals surface area contributed by atoms with Crippen LogP contribution in [0.3, 0.4) is 0 Å². The zero-order chi connectivity index (χ0) is 20.8. The largest absolute Gasteiger partial charge is 0.486 e. The van der Waals surface area contributed by atoms with Crippen LogP contribution in [-0.4, -0.2) is 38.2 Å². The lowest BCUT2D eigenvalue weighted by Crippen LogP contribution is -2.17. The van der Waals surface area contributed by atoms with Crippen LogP contribution in [0.4, 0.5) is 11.4 Å². The Balaban J connectivity index is 1.17. The molecular formula is C22H24N2O6. The summed E-state index contributed by atoms with van der Waals surface area (Å²) in [7, 11) is 0. The first-order valence-corrected chi connectivity index (χ1v) is 10.1. The Morgan fingerprint density at radius 2 is 1.03 bits per heavy atom. The van der Waals surface area contributed by atoms with Crippen LogP contribution >= 0.6 is 0 Å². The molecule has 158 valence electrons. The van der Waals surface area contributed by atoms with Gasteiger partial charge in [0, 0.05) is 36.3 Å². The molecule has 4 rings (SSSR count). The second kappa shape index (κ2) is 9.39. The highest BCUT2D eigenvalue weighted by molar-refractivity contribution is 5.92. The first kappa shape index (κ1) is 19.9. The van der Waals surface area contributed by atoms with Gasteiger partial charge in [-0.15, -0.1) is 0 Å². The van der Waals surface area contributed by atoms with E-state index >= 15 is 0 Å². The lowest BCUT2D eigenvalue weighted by atomic mass is 10.1. The highest BCUT2D eigenvalue weighted by atomic mass is 16.6. The van der Waals surface area contributed by atoms with Gasteiger partial charge >= 0.3 is 0 Å². The summed E-state index contributed by atoms with van der Waals surface area (Å²) >= 11 is 0. The van der Waals surface area contributed by atoms with Crippen LogP contribution in [0, 0.1) is 0 Å². The highest BCUT2D eigenvalue weighted by Gasteiger charge is 2.14. The van der Waals surface area contributed by atoms with E-state index in [-0.39, 0.29) is 11.8 Å². The smallest absolute Gasteiger partial charge is 0.224 e.